The van der Waals surface area contributed by atoms with Crippen molar-refractivity contribution in [2.24, 2.45) is 5.92 Å². The number of fused-ring (bicyclic) bond motifs is 3. The fourth-order valence-corrected chi connectivity index (χ4v) is 3.89. The summed E-state index contributed by atoms with van der Waals surface area (Å²) in [6.45, 7) is 2.68. The second kappa shape index (κ2) is 5.65. The van der Waals surface area contributed by atoms with Gasteiger partial charge in [-0.2, -0.15) is 0 Å². The van der Waals surface area contributed by atoms with Gasteiger partial charge >= 0.3 is 0 Å². The molecular formula is C20H21NO2. The van der Waals surface area contributed by atoms with Crippen molar-refractivity contribution in [2.45, 2.75) is 25.3 Å². The van der Waals surface area contributed by atoms with E-state index in [1.165, 1.54) is 5.56 Å². The molecule has 2 aromatic rings. The van der Waals surface area contributed by atoms with E-state index in [0.29, 0.717) is 24.2 Å². The van der Waals surface area contributed by atoms with Gasteiger partial charge in [0.05, 0.1) is 12.6 Å². The van der Waals surface area contributed by atoms with Crippen LogP contribution in [0.15, 0.2) is 54.6 Å². The van der Waals surface area contributed by atoms with Crippen LogP contribution in [-0.2, 0) is 0 Å². The summed E-state index contributed by atoms with van der Waals surface area (Å²) in [5.41, 5.74) is 3.40. The molecule has 23 heavy (non-hydrogen) atoms. The molecule has 2 N–H and O–H groups in total. The fraction of sp³-hybridized carbons (Fsp3) is 0.300. The van der Waals surface area contributed by atoms with E-state index in [0.717, 1.165) is 23.4 Å². The maximum atomic E-state index is 10.3. The number of ether oxygens (including phenoxy) is 1. The molecule has 0 fully saturated rings. The summed E-state index contributed by atoms with van der Waals surface area (Å²) in [5, 5.41) is 13.9. The Morgan fingerprint density at radius 3 is 2.87 bits per heavy atom. The minimum Gasteiger partial charge on any atom is -0.508 e. The molecule has 3 unspecified atom stereocenters. The zero-order valence-electron chi connectivity index (χ0n) is 13.2. The molecule has 2 aromatic carbocycles. The molecule has 0 amide bonds. The van der Waals surface area contributed by atoms with Crippen LogP contribution in [-0.4, -0.2) is 11.7 Å². The van der Waals surface area contributed by atoms with Crippen molar-refractivity contribution in [1.29, 1.82) is 0 Å². The SMILES string of the molecule is CCOc1ccc2c(c1)C1C=CCC1C(c1ccccc1O)N2. The number of hydrogen-bond acceptors (Lipinski definition) is 3. The van der Waals surface area contributed by atoms with Crippen LogP contribution in [0.4, 0.5) is 5.69 Å². The summed E-state index contributed by atoms with van der Waals surface area (Å²) in [6.07, 6.45) is 5.58. The van der Waals surface area contributed by atoms with Crippen molar-refractivity contribution in [3.63, 3.8) is 0 Å². The number of anilines is 1. The Bertz CT molecular complexity index is 753. The van der Waals surface area contributed by atoms with Gasteiger partial charge in [-0.3, -0.25) is 0 Å². The smallest absolute Gasteiger partial charge is 0.120 e. The molecule has 4 rings (SSSR count). The molecule has 0 spiro atoms. The number of para-hydroxylation sites is 1. The normalized spacial score (nSPS) is 24.7. The molecule has 3 heteroatoms. The lowest BCUT2D eigenvalue weighted by Crippen LogP contribution is -2.29. The first-order valence-corrected chi connectivity index (χ1v) is 8.25. The van der Waals surface area contributed by atoms with Crippen LogP contribution in [0.2, 0.25) is 0 Å². The molecule has 118 valence electrons. The Labute approximate surface area is 136 Å². The van der Waals surface area contributed by atoms with Gasteiger partial charge in [-0.25, -0.2) is 0 Å². The molecule has 1 aliphatic carbocycles. The molecule has 1 heterocycles. The number of phenolic OH excluding ortho intramolecular Hbond substituents is 1. The predicted molar refractivity (Wildman–Crippen MR) is 92.1 cm³/mol. The summed E-state index contributed by atoms with van der Waals surface area (Å²) >= 11 is 0. The van der Waals surface area contributed by atoms with Gasteiger partial charge in [-0.1, -0.05) is 30.4 Å². The minimum atomic E-state index is 0.127. The largest absolute Gasteiger partial charge is 0.508 e. The maximum absolute atomic E-state index is 10.3. The summed E-state index contributed by atoms with van der Waals surface area (Å²) in [4.78, 5) is 0. The van der Waals surface area contributed by atoms with Crippen molar-refractivity contribution >= 4 is 5.69 Å². The van der Waals surface area contributed by atoms with Gasteiger partial charge in [0.15, 0.2) is 0 Å². The second-order valence-corrected chi connectivity index (χ2v) is 6.22. The number of rotatable bonds is 3. The molecule has 2 aliphatic rings. The lowest BCUT2D eigenvalue weighted by atomic mass is 9.77. The molecular weight excluding hydrogens is 286 g/mol. The van der Waals surface area contributed by atoms with Gasteiger partial charge in [-0.15, -0.1) is 0 Å². The van der Waals surface area contributed by atoms with Gasteiger partial charge in [0.25, 0.3) is 0 Å². The lowest BCUT2D eigenvalue weighted by molar-refractivity contribution is 0.338. The van der Waals surface area contributed by atoms with Crippen molar-refractivity contribution in [3.05, 3.63) is 65.7 Å². The number of benzene rings is 2. The standard InChI is InChI=1S/C20H21NO2/c1-2-23-13-10-11-18-17(12-13)14-7-5-8-15(14)20(21-18)16-6-3-4-9-19(16)22/h3-7,9-12,14-15,20-22H,2,8H2,1H3. The molecule has 1 aliphatic heterocycles. The zero-order chi connectivity index (χ0) is 15.8. The molecule has 3 atom stereocenters. The maximum Gasteiger partial charge on any atom is 0.120 e. The third kappa shape index (κ3) is 2.37. The van der Waals surface area contributed by atoms with Gasteiger partial charge in [0.1, 0.15) is 11.5 Å². The third-order valence-corrected chi connectivity index (χ3v) is 4.92. The first kappa shape index (κ1) is 14.2. The minimum absolute atomic E-state index is 0.127. The molecule has 0 saturated heterocycles. The van der Waals surface area contributed by atoms with Gasteiger partial charge in [0.2, 0.25) is 0 Å². The zero-order valence-corrected chi connectivity index (χ0v) is 13.2. The number of hydrogen-bond donors (Lipinski definition) is 2. The average molecular weight is 307 g/mol. The molecule has 0 bridgehead atoms. The van der Waals surface area contributed by atoms with Crippen LogP contribution in [0.5, 0.6) is 11.5 Å². The van der Waals surface area contributed by atoms with E-state index >= 15 is 0 Å². The summed E-state index contributed by atoms with van der Waals surface area (Å²) < 4.78 is 5.66. The van der Waals surface area contributed by atoms with Crippen LogP contribution in [0.3, 0.4) is 0 Å². The Hall–Kier alpha value is -2.42. The van der Waals surface area contributed by atoms with Crippen molar-refractivity contribution in [2.75, 3.05) is 11.9 Å². The Morgan fingerprint density at radius 2 is 2.04 bits per heavy atom. The van der Waals surface area contributed by atoms with Crippen molar-refractivity contribution < 1.29 is 9.84 Å². The highest BCUT2D eigenvalue weighted by molar-refractivity contribution is 5.62. The molecule has 0 radical (unpaired) electrons. The van der Waals surface area contributed by atoms with Crippen LogP contribution >= 0.6 is 0 Å². The summed E-state index contributed by atoms with van der Waals surface area (Å²) in [7, 11) is 0. The van der Waals surface area contributed by atoms with E-state index in [9.17, 15) is 5.11 Å². The van der Waals surface area contributed by atoms with Crippen LogP contribution in [0.25, 0.3) is 0 Å². The van der Waals surface area contributed by atoms with Crippen LogP contribution in [0, 0.1) is 5.92 Å². The quantitative estimate of drug-likeness (QED) is 0.813. The number of nitrogens with one attached hydrogen (secondary N) is 1. The van der Waals surface area contributed by atoms with E-state index < -0.39 is 0 Å². The van der Waals surface area contributed by atoms with Gasteiger partial charge < -0.3 is 15.2 Å². The average Bonchev–Trinajstić information content (AvgIpc) is 3.05. The lowest BCUT2D eigenvalue weighted by Gasteiger charge is -2.37. The first-order valence-electron chi connectivity index (χ1n) is 8.25. The van der Waals surface area contributed by atoms with Crippen LogP contribution < -0.4 is 10.1 Å². The third-order valence-electron chi connectivity index (χ3n) is 4.92. The van der Waals surface area contributed by atoms with Crippen LogP contribution in [0.1, 0.15) is 36.4 Å². The van der Waals surface area contributed by atoms with E-state index in [1.807, 2.05) is 31.2 Å². The first-order chi connectivity index (χ1) is 11.3. The van der Waals surface area contributed by atoms with Crippen molar-refractivity contribution in [1.82, 2.24) is 0 Å². The summed E-state index contributed by atoms with van der Waals surface area (Å²) in [5.74, 6) is 2.09. The Morgan fingerprint density at radius 1 is 1.17 bits per heavy atom. The monoisotopic (exact) mass is 307 g/mol. The topological polar surface area (TPSA) is 41.5 Å². The Balaban J connectivity index is 1.76. The van der Waals surface area contributed by atoms with E-state index in [4.69, 9.17) is 4.74 Å². The van der Waals surface area contributed by atoms with E-state index in [-0.39, 0.29) is 6.04 Å². The Kier molecular flexibility index (Phi) is 3.49. The molecule has 0 saturated carbocycles. The predicted octanol–water partition coefficient (Wildman–Crippen LogP) is 4.62. The highest BCUT2D eigenvalue weighted by Crippen LogP contribution is 2.51. The number of allylic oxidation sites excluding steroid dienone is 2. The molecule has 0 aromatic heterocycles. The second-order valence-electron chi connectivity index (χ2n) is 6.22. The fourth-order valence-electron chi connectivity index (χ4n) is 3.89. The van der Waals surface area contributed by atoms with E-state index in [1.54, 1.807) is 6.07 Å². The van der Waals surface area contributed by atoms with E-state index in [2.05, 4.69) is 29.6 Å². The highest BCUT2D eigenvalue weighted by atomic mass is 16.5. The van der Waals surface area contributed by atoms with Crippen molar-refractivity contribution in [3.8, 4) is 11.5 Å². The molecule has 3 nitrogen and oxygen atoms in total. The highest BCUT2D eigenvalue weighted by Gasteiger charge is 2.38. The van der Waals surface area contributed by atoms with Gasteiger partial charge in [0, 0.05) is 17.2 Å². The number of phenols is 1. The summed E-state index contributed by atoms with van der Waals surface area (Å²) in [6, 6.07) is 14.0. The van der Waals surface area contributed by atoms with Gasteiger partial charge in [-0.05, 0) is 49.1 Å². The number of aromatic hydroxyl groups is 1.